The molecule has 0 aromatic heterocycles. The van der Waals surface area contributed by atoms with Crippen LogP contribution in [0.2, 0.25) is 0 Å². The van der Waals surface area contributed by atoms with Gasteiger partial charge < -0.3 is 14.2 Å². The quantitative estimate of drug-likeness (QED) is 0.0262. The molecule has 0 bridgehead atoms. The van der Waals surface area contributed by atoms with E-state index in [1.165, 1.54) is 180 Å². The molecule has 0 saturated heterocycles. The van der Waals surface area contributed by atoms with Gasteiger partial charge in [0.05, 0.1) is 0 Å². The Morgan fingerprint density at radius 2 is 0.582 bits per heavy atom. The van der Waals surface area contributed by atoms with Gasteiger partial charge in [-0.1, -0.05) is 275 Å². The molecule has 0 aromatic rings. The zero-order valence-corrected chi connectivity index (χ0v) is 44.7. The van der Waals surface area contributed by atoms with Crippen molar-refractivity contribution in [2.24, 2.45) is 0 Å². The molecule has 67 heavy (non-hydrogen) atoms. The normalized spacial score (nSPS) is 12.3. The average Bonchev–Trinajstić information content (AvgIpc) is 3.33. The molecule has 6 heteroatoms. The molecule has 0 fully saturated rings. The van der Waals surface area contributed by atoms with E-state index in [0.29, 0.717) is 19.3 Å². The molecular formula is C61H110O6. The second-order valence-corrected chi connectivity index (χ2v) is 19.5. The molecule has 0 amide bonds. The van der Waals surface area contributed by atoms with Crippen molar-refractivity contribution >= 4 is 17.9 Å². The van der Waals surface area contributed by atoms with Gasteiger partial charge in [0, 0.05) is 19.3 Å². The van der Waals surface area contributed by atoms with E-state index in [4.69, 9.17) is 14.2 Å². The highest BCUT2D eigenvalue weighted by molar-refractivity contribution is 5.71. The molecule has 1 unspecified atom stereocenters. The van der Waals surface area contributed by atoms with Gasteiger partial charge in [-0.05, 0) is 57.8 Å². The molecule has 0 heterocycles. The fourth-order valence-corrected chi connectivity index (χ4v) is 8.49. The van der Waals surface area contributed by atoms with Crippen LogP contribution in [0.3, 0.4) is 0 Å². The minimum absolute atomic E-state index is 0.0693. The maximum absolute atomic E-state index is 12.8. The summed E-state index contributed by atoms with van der Waals surface area (Å²) in [6.45, 7) is 6.56. The molecule has 0 N–H and O–H groups in total. The van der Waals surface area contributed by atoms with Gasteiger partial charge in [0.2, 0.25) is 0 Å². The fourth-order valence-electron chi connectivity index (χ4n) is 8.49. The Bertz CT molecular complexity index is 1170. The van der Waals surface area contributed by atoms with Crippen molar-refractivity contribution in [3.63, 3.8) is 0 Å². The monoisotopic (exact) mass is 939 g/mol. The van der Waals surface area contributed by atoms with E-state index in [1.807, 2.05) is 0 Å². The minimum Gasteiger partial charge on any atom is -0.462 e. The lowest BCUT2D eigenvalue weighted by Crippen LogP contribution is -2.30. The number of ether oxygens (including phenoxy) is 3. The maximum Gasteiger partial charge on any atom is 0.306 e. The Kier molecular flexibility index (Phi) is 53.8. The number of rotatable bonds is 53. The summed E-state index contributed by atoms with van der Waals surface area (Å²) in [6.07, 6.45) is 68.1. The molecule has 0 radical (unpaired) electrons. The highest BCUT2D eigenvalue weighted by Crippen LogP contribution is 2.17. The summed E-state index contributed by atoms with van der Waals surface area (Å²) in [5.41, 5.74) is 0. The van der Waals surface area contributed by atoms with Gasteiger partial charge >= 0.3 is 17.9 Å². The molecule has 1 atom stereocenters. The third-order valence-corrected chi connectivity index (χ3v) is 12.8. The fraction of sp³-hybridized carbons (Fsp3) is 0.820. The predicted molar refractivity (Wildman–Crippen MR) is 289 cm³/mol. The van der Waals surface area contributed by atoms with E-state index in [2.05, 4.69) is 69.4 Å². The van der Waals surface area contributed by atoms with Crippen molar-refractivity contribution < 1.29 is 28.6 Å². The number of hydrogen-bond acceptors (Lipinski definition) is 6. The number of hydrogen-bond donors (Lipinski definition) is 0. The van der Waals surface area contributed by atoms with Gasteiger partial charge in [-0.2, -0.15) is 0 Å². The first kappa shape index (κ1) is 64.4. The van der Waals surface area contributed by atoms with E-state index in [9.17, 15) is 14.4 Å². The smallest absolute Gasteiger partial charge is 0.306 e. The summed E-state index contributed by atoms with van der Waals surface area (Å²) in [4.78, 5) is 38.1. The van der Waals surface area contributed by atoms with E-state index >= 15 is 0 Å². The Morgan fingerprint density at radius 3 is 0.910 bits per heavy atom. The summed E-state index contributed by atoms with van der Waals surface area (Å²) in [5, 5.41) is 0. The zero-order chi connectivity index (χ0) is 48.6. The first-order chi connectivity index (χ1) is 33.0. The molecular weight excluding hydrogens is 829 g/mol. The van der Waals surface area contributed by atoms with E-state index in [-0.39, 0.29) is 31.1 Å². The summed E-state index contributed by atoms with van der Waals surface area (Å²) in [5.74, 6) is -0.857. The Hall–Kier alpha value is -2.63. The lowest BCUT2D eigenvalue weighted by Gasteiger charge is -2.18. The summed E-state index contributed by atoms with van der Waals surface area (Å²) in [6, 6.07) is 0. The molecule has 0 aliphatic heterocycles. The second-order valence-electron chi connectivity index (χ2n) is 19.5. The Balaban J connectivity index is 4.27. The number of allylic oxidation sites excluding steroid dienone is 8. The van der Waals surface area contributed by atoms with E-state index in [1.54, 1.807) is 0 Å². The first-order valence-electron chi connectivity index (χ1n) is 29.1. The molecule has 390 valence electrons. The summed E-state index contributed by atoms with van der Waals surface area (Å²) >= 11 is 0. The Labute approximate surface area is 416 Å². The lowest BCUT2D eigenvalue weighted by atomic mass is 10.0. The second kappa shape index (κ2) is 56.0. The topological polar surface area (TPSA) is 78.9 Å². The highest BCUT2D eigenvalue weighted by Gasteiger charge is 2.19. The molecule has 0 aliphatic rings. The first-order valence-corrected chi connectivity index (χ1v) is 29.1. The van der Waals surface area contributed by atoms with Crippen LogP contribution in [0.1, 0.15) is 303 Å². The predicted octanol–water partition coefficient (Wildman–Crippen LogP) is 19.4. The molecule has 0 aromatic carbocycles. The number of carbonyl (C=O) groups excluding carboxylic acids is 3. The van der Waals surface area contributed by atoms with E-state index in [0.717, 1.165) is 83.5 Å². The number of carbonyl (C=O) groups is 3. The average molecular weight is 940 g/mol. The molecule has 0 rings (SSSR count). The molecule has 6 nitrogen and oxygen atoms in total. The Morgan fingerprint density at radius 1 is 0.313 bits per heavy atom. The van der Waals surface area contributed by atoms with Crippen molar-refractivity contribution in [3.05, 3.63) is 48.6 Å². The van der Waals surface area contributed by atoms with Crippen LogP contribution in [-0.2, 0) is 28.6 Å². The zero-order valence-electron chi connectivity index (χ0n) is 44.7. The van der Waals surface area contributed by atoms with Crippen LogP contribution < -0.4 is 0 Å². The van der Waals surface area contributed by atoms with Crippen LogP contribution in [0, 0.1) is 0 Å². The van der Waals surface area contributed by atoms with Crippen LogP contribution >= 0.6 is 0 Å². The largest absolute Gasteiger partial charge is 0.462 e. The number of unbranched alkanes of at least 4 members (excludes halogenated alkanes) is 34. The minimum atomic E-state index is -0.770. The third kappa shape index (κ3) is 54.2. The van der Waals surface area contributed by atoms with Gasteiger partial charge in [-0.25, -0.2) is 0 Å². The van der Waals surface area contributed by atoms with Gasteiger partial charge in [0.1, 0.15) is 13.2 Å². The standard InChI is InChI=1S/C61H110O6/c1-4-7-10-13-16-19-22-25-26-27-28-29-30-31-32-33-34-37-39-42-45-48-51-54-60(63)66-57-58(67-61(64)55-52-49-46-43-40-36-24-21-18-15-12-9-6-3)56-65-59(62)53-50-47-44-41-38-35-23-20-17-14-11-8-5-2/h7,10,16,19,25-26,28-29,58H,4-6,8-9,11-15,17-18,20-24,27,30-57H2,1-3H3/b10-7-,19-16-,26-25-,29-28-. The van der Waals surface area contributed by atoms with Crippen LogP contribution in [0.5, 0.6) is 0 Å². The van der Waals surface area contributed by atoms with Crippen LogP contribution in [0.25, 0.3) is 0 Å². The van der Waals surface area contributed by atoms with Crippen molar-refractivity contribution in [2.75, 3.05) is 13.2 Å². The SMILES string of the molecule is CC/C=C\C/C=C\C/C=C\C/C=C\CCCCCCCCCCCCC(=O)OCC(COC(=O)CCCCCCCCCCCCCCC)OC(=O)CCCCCCCCCCCCCCC. The lowest BCUT2D eigenvalue weighted by molar-refractivity contribution is -0.167. The molecule has 0 aliphatic carbocycles. The van der Waals surface area contributed by atoms with Crippen molar-refractivity contribution in [1.29, 1.82) is 0 Å². The van der Waals surface area contributed by atoms with Gasteiger partial charge in [0.25, 0.3) is 0 Å². The summed E-state index contributed by atoms with van der Waals surface area (Å²) in [7, 11) is 0. The van der Waals surface area contributed by atoms with Gasteiger partial charge in [0.15, 0.2) is 6.10 Å². The molecule has 0 spiro atoms. The van der Waals surface area contributed by atoms with Gasteiger partial charge in [-0.15, -0.1) is 0 Å². The molecule has 0 saturated carbocycles. The maximum atomic E-state index is 12.8. The number of esters is 3. The van der Waals surface area contributed by atoms with Crippen molar-refractivity contribution in [2.45, 2.75) is 309 Å². The van der Waals surface area contributed by atoms with E-state index < -0.39 is 6.10 Å². The van der Waals surface area contributed by atoms with Crippen molar-refractivity contribution in [3.8, 4) is 0 Å². The third-order valence-electron chi connectivity index (χ3n) is 12.8. The van der Waals surface area contributed by atoms with Gasteiger partial charge in [-0.3, -0.25) is 14.4 Å². The summed E-state index contributed by atoms with van der Waals surface area (Å²) < 4.78 is 16.9. The van der Waals surface area contributed by atoms with Crippen LogP contribution in [-0.4, -0.2) is 37.2 Å². The highest BCUT2D eigenvalue weighted by atomic mass is 16.6. The van der Waals surface area contributed by atoms with Crippen LogP contribution in [0.15, 0.2) is 48.6 Å². The van der Waals surface area contributed by atoms with Crippen molar-refractivity contribution in [1.82, 2.24) is 0 Å². The van der Waals surface area contributed by atoms with Crippen LogP contribution in [0.4, 0.5) is 0 Å².